The monoisotopic (exact) mass is 273 g/mol. The van der Waals surface area contributed by atoms with E-state index in [9.17, 15) is 9.59 Å². The highest BCUT2D eigenvalue weighted by molar-refractivity contribution is 9.10. The van der Waals surface area contributed by atoms with E-state index in [-0.39, 0.29) is 5.91 Å². The molecular weight excluding hydrogens is 270 g/mol. The van der Waals surface area contributed by atoms with Gasteiger partial charge in [-0.3, -0.25) is 10.1 Å². The van der Waals surface area contributed by atoms with Crippen LogP contribution in [-0.4, -0.2) is 23.1 Å². The average Bonchev–Trinajstić information content (AvgIpc) is 2.51. The van der Waals surface area contributed by atoms with Gasteiger partial charge in [0.05, 0.1) is 0 Å². The fourth-order valence-electron chi connectivity index (χ4n) is 1.01. The van der Waals surface area contributed by atoms with Crippen LogP contribution in [0, 0.1) is 0 Å². The topological polar surface area (TPSA) is 71.4 Å². The minimum Gasteiger partial charge on any atom is -0.275 e. The maximum Gasteiger partial charge on any atom is 0.347 e. The molecule has 2 heterocycles. The first-order chi connectivity index (χ1) is 6.66. The van der Waals surface area contributed by atoms with Crippen molar-refractivity contribution in [1.82, 2.24) is 10.3 Å². The van der Waals surface area contributed by atoms with Crippen LogP contribution in [0.3, 0.4) is 0 Å². The van der Waals surface area contributed by atoms with Gasteiger partial charge in [-0.25, -0.2) is 14.8 Å². The maximum absolute atomic E-state index is 11.3. The Morgan fingerprint density at radius 2 is 2.29 bits per heavy atom. The van der Waals surface area contributed by atoms with E-state index in [0.29, 0.717) is 9.61 Å². The summed E-state index contributed by atoms with van der Waals surface area (Å²) in [5.74, 6) is -0.934. The molecule has 1 atom stereocenters. The number of nitrogens with zero attached hydrogens (tertiary/aromatic N) is 2. The normalized spacial score (nSPS) is 21.1. The average molecular weight is 274 g/mol. The molecule has 0 aliphatic carbocycles. The number of aliphatic imine (C=N–C) groups is 1. The number of urea groups is 1. The molecule has 0 saturated carbocycles. The van der Waals surface area contributed by atoms with Crippen LogP contribution in [-0.2, 0) is 4.79 Å². The zero-order valence-electron chi connectivity index (χ0n) is 6.73. The lowest BCUT2D eigenvalue weighted by atomic mass is 10.1. The van der Waals surface area contributed by atoms with Crippen LogP contribution in [0.1, 0.15) is 10.9 Å². The molecule has 7 heteroatoms. The molecule has 0 radical (unpaired) electrons. The Hall–Kier alpha value is -1.08. The summed E-state index contributed by atoms with van der Waals surface area (Å²) in [6.07, 6.45) is 1.31. The number of amides is 3. The van der Waals surface area contributed by atoms with E-state index in [1.54, 1.807) is 5.38 Å². The van der Waals surface area contributed by atoms with Gasteiger partial charge in [-0.2, -0.15) is 0 Å². The van der Waals surface area contributed by atoms with Gasteiger partial charge in [-0.05, 0) is 15.9 Å². The van der Waals surface area contributed by atoms with Gasteiger partial charge in [-0.15, -0.1) is 11.3 Å². The number of rotatable bonds is 1. The number of thiazole rings is 1. The smallest absolute Gasteiger partial charge is 0.275 e. The first-order valence-corrected chi connectivity index (χ1v) is 5.34. The summed E-state index contributed by atoms with van der Waals surface area (Å²) in [5.41, 5.74) is 0. The van der Waals surface area contributed by atoms with Crippen molar-refractivity contribution in [2.45, 2.75) is 5.92 Å². The van der Waals surface area contributed by atoms with E-state index in [2.05, 4.69) is 31.2 Å². The second kappa shape index (κ2) is 3.58. The van der Waals surface area contributed by atoms with Crippen LogP contribution in [0.4, 0.5) is 4.79 Å². The number of aromatic nitrogens is 1. The fraction of sp³-hybridized carbons (Fsp3) is 0.143. The lowest BCUT2D eigenvalue weighted by molar-refractivity contribution is -0.120. The van der Waals surface area contributed by atoms with Crippen molar-refractivity contribution < 1.29 is 9.59 Å². The van der Waals surface area contributed by atoms with Crippen molar-refractivity contribution in [2.24, 2.45) is 4.99 Å². The Morgan fingerprint density at radius 1 is 1.50 bits per heavy atom. The number of halogens is 1. The Bertz CT molecular complexity index is 428. The molecule has 0 bridgehead atoms. The number of hydrogen-bond donors (Lipinski definition) is 1. The molecule has 1 unspecified atom stereocenters. The molecule has 5 nitrogen and oxygen atoms in total. The van der Waals surface area contributed by atoms with Gasteiger partial charge in [0.15, 0.2) is 0 Å². The highest BCUT2D eigenvalue weighted by Crippen LogP contribution is 2.23. The second-order valence-corrected chi connectivity index (χ2v) is 4.26. The van der Waals surface area contributed by atoms with E-state index < -0.39 is 11.9 Å². The molecule has 3 amide bonds. The summed E-state index contributed by atoms with van der Waals surface area (Å²) in [6, 6.07) is -0.623. The molecule has 0 saturated heterocycles. The van der Waals surface area contributed by atoms with Crippen molar-refractivity contribution in [3.63, 3.8) is 0 Å². The van der Waals surface area contributed by atoms with Crippen LogP contribution in [0.25, 0.3) is 0 Å². The quantitative estimate of drug-likeness (QED) is 0.839. The number of nitrogens with one attached hydrogen (secondary N) is 1. The standard InChI is InChI=1S/C7H4BrN3O2S/c8-4-2-14-6(10-4)3-1-9-7(13)11-5(3)12/h1-3H,(H,11,12,13). The Balaban J connectivity index is 2.31. The largest absolute Gasteiger partial charge is 0.347 e. The van der Waals surface area contributed by atoms with Crippen LogP contribution in [0.5, 0.6) is 0 Å². The molecule has 1 N–H and O–H groups in total. The van der Waals surface area contributed by atoms with Crippen molar-refractivity contribution in [2.75, 3.05) is 0 Å². The Labute approximate surface area is 91.4 Å². The van der Waals surface area contributed by atoms with Gasteiger partial charge in [0.1, 0.15) is 15.5 Å². The van der Waals surface area contributed by atoms with E-state index in [1.165, 1.54) is 17.6 Å². The van der Waals surface area contributed by atoms with Gasteiger partial charge in [-0.1, -0.05) is 0 Å². The van der Waals surface area contributed by atoms with E-state index >= 15 is 0 Å². The van der Waals surface area contributed by atoms with Gasteiger partial charge in [0.25, 0.3) is 0 Å². The third-order valence-electron chi connectivity index (χ3n) is 1.61. The predicted molar refractivity (Wildman–Crippen MR) is 54.6 cm³/mol. The molecule has 2 rings (SSSR count). The molecule has 1 aliphatic heterocycles. The highest BCUT2D eigenvalue weighted by Gasteiger charge is 2.26. The van der Waals surface area contributed by atoms with Gasteiger partial charge in [0.2, 0.25) is 5.91 Å². The van der Waals surface area contributed by atoms with E-state index in [1.807, 2.05) is 0 Å². The van der Waals surface area contributed by atoms with Gasteiger partial charge >= 0.3 is 6.03 Å². The summed E-state index contributed by atoms with van der Waals surface area (Å²) in [6.45, 7) is 0. The second-order valence-electron chi connectivity index (χ2n) is 2.56. The van der Waals surface area contributed by atoms with Crippen LogP contribution < -0.4 is 5.32 Å². The zero-order valence-corrected chi connectivity index (χ0v) is 9.13. The molecule has 14 heavy (non-hydrogen) atoms. The maximum atomic E-state index is 11.3. The highest BCUT2D eigenvalue weighted by atomic mass is 79.9. The first-order valence-electron chi connectivity index (χ1n) is 3.67. The summed E-state index contributed by atoms with van der Waals surface area (Å²) in [5, 5.41) is 4.50. The van der Waals surface area contributed by atoms with Gasteiger partial charge in [0, 0.05) is 11.6 Å². The lowest BCUT2D eigenvalue weighted by Crippen LogP contribution is -2.37. The minimum atomic E-state index is -0.623. The molecule has 1 aliphatic rings. The molecular formula is C7H4BrN3O2S. The molecule has 72 valence electrons. The number of hydrogen-bond acceptors (Lipinski definition) is 4. The van der Waals surface area contributed by atoms with Crippen molar-refractivity contribution >= 4 is 45.4 Å². The van der Waals surface area contributed by atoms with Crippen LogP contribution in [0.15, 0.2) is 15.0 Å². The summed E-state index contributed by atoms with van der Waals surface area (Å²) in [4.78, 5) is 29.6. The summed E-state index contributed by atoms with van der Waals surface area (Å²) < 4.78 is 0.676. The molecule has 0 aromatic carbocycles. The van der Waals surface area contributed by atoms with Crippen molar-refractivity contribution in [3.05, 3.63) is 15.0 Å². The molecule has 0 spiro atoms. The fourth-order valence-corrected chi connectivity index (χ4v) is 2.34. The van der Waals surface area contributed by atoms with E-state index in [4.69, 9.17) is 0 Å². The third-order valence-corrected chi connectivity index (χ3v) is 3.25. The number of carbonyl (C=O) groups excluding carboxylic acids is 2. The number of imide groups is 1. The Kier molecular flexibility index (Phi) is 2.42. The van der Waals surface area contributed by atoms with Crippen molar-refractivity contribution in [3.8, 4) is 0 Å². The Morgan fingerprint density at radius 3 is 2.86 bits per heavy atom. The lowest BCUT2D eigenvalue weighted by Gasteiger charge is -2.11. The molecule has 1 aromatic heterocycles. The van der Waals surface area contributed by atoms with E-state index in [0.717, 1.165) is 0 Å². The summed E-state index contributed by atoms with van der Waals surface area (Å²) in [7, 11) is 0. The predicted octanol–water partition coefficient (Wildman–Crippen LogP) is 1.31. The first kappa shape index (κ1) is 9.47. The van der Waals surface area contributed by atoms with Crippen molar-refractivity contribution in [1.29, 1.82) is 0 Å². The van der Waals surface area contributed by atoms with Crippen LogP contribution in [0.2, 0.25) is 0 Å². The minimum absolute atomic E-state index is 0.383. The summed E-state index contributed by atoms with van der Waals surface area (Å²) >= 11 is 4.53. The van der Waals surface area contributed by atoms with Gasteiger partial charge < -0.3 is 0 Å². The molecule has 0 fully saturated rings. The third kappa shape index (κ3) is 1.73. The SMILES string of the molecule is O=C1N=CC(c2nc(Br)cs2)C(=O)N1. The number of carbonyl (C=O) groups is 2. The zero-order chi connectivity index (χ0) is 10.1. The molecule has 1 aromatic rings. The van der Waals surface area contributed by atoms with Crippen LogP contribution >= 0.6 is 27.3 Å².